The number of aliphatic hydroxyl groups excluding tert-OH is 2. The van der Waals surface area contributed by atoms with Gasteiger partial charge in [-0.25, -0.2) is 4.79 Å². The maximum atomic E-state index is 13.4. The molecule has 2 saturated carbocycles. The van der Waals surface area contributed by atoms with Gasteiger partial charge in [-0.2, -0.15) is 0 Å². The lowest BCUT2D eigenvalue weighted by Gasteiger charge is -2.46. The first-order chi connectivity index (χ1) is 13.8. The summed E-state index contributed by atoms with van der Waals surface area (Å²) in [7, 11) is 0. The van der Waals surface area contributed by atoms with Crippen molar-refractivity contribution < 1.29 is 48.7 Å². The van der Waals surface area contributed by atoms with Gasteiger partial charge in [0, 0.05) is 5.92 Å². The van der Waals surface area contributed by atoms with E-state index >= 15 is 0 Å². The molecule has 10 nitrogen and oxygen atoms in total. The molecular weight excluding hydrogens is 400 g/mol. The summed E-state index contributed by atoms with van der Waals surface area (Å²) in [6.45, 7) is 7.00. The molecule has 4 heterocycles. The fraction of sp³-hybridized carbons (Fsp3) is 0.850. The molecule has 10 heteroatoms. The highest BCUT2D eigenvalue weighted by Crippen LogP contribution is 2.84. The first-order valence-electron chi connectivity index (χ1n) is 10.2. The predicted molar refractivity (Wildman–Crippen MR) is 92.0 cm³/mol. The van der Waals surface area contributed by atoms with E-state index in [-0.39, 0.29) is 6.42 Å². The van der Waals surface area contributed by atoms with E-state index in [2.05, 4.69) is 0 Å². The molecular formula is C20H24O10. The van der Waals surface area contributed by atoms with Crippen molar-refractivity contribution >= 4 is 17.9 Å². The first kappa shape index (κ1) is 19.0. The number of aliphatic hydroxyl groups is 3. The van der Waals surface area contributed by atoms with E-state index in [0.29, 0.717) is 0 Å². The van der Waals surface area contributed by atoms with Crippen LogP contribution in [0.25, 0.3) is 0 Å². The molecule has 0 aromatic heterocycles. The van der Waals surface area contributed by atoms with Gasteiger partial charge < -0.3 is 34.3 Å². The van der Waals surface area contributed by atoms with Crippen LogP contribution < -0.4 is 0 Å². The van der Waals surface area contributed by atoms with Crippen LogP contribution in [-0.4, -0.2) is 75.1 Å². The van der Waals surface area contributed by atoms with Crippen LogP contribution in [0.15, 0.2) is 0 Å². The average Bonchev–Trinajstić information content (AvgIpc) is 3.32. The van der Waals surface area contributed by atoms with Crippen molar-refractivity contribution in [3.8, 4) is 0 Å². The van der Waals surface area contributed by atoms with Crippen molar-refractivity contribution in [2.24, 2.45) is 28.1 Å². The monoisotopic (exact) mass is 424 g/mol. The van der Waals surface area contributed by atoms with Gasteiger partial charge in [-0.1, -0.05) is 20.8 Å². The third kappa shape index (κ3) is 1.35. The highest BCUT2D eigenvalue weighted by Gasteiger charge is 3.03. The van der Waals surface area contributed by atoms with Gasteiger partial charge in [-0.05, 0) is 12.3 Å². The lowest BCUT2D eigenvalue weighted by molar-refractivity contribution is -0.240. The Kier molecular flexibility index (Phi) is 2.97. The zero-order valence-electron chi connectivity index (χ0n) is 16.9. The molecule has 2 aliphatic carbocycles. The predicted octanol–water partition coefficient (Wildman–Crippen LogP) is -1.37. The Morgan fingerprint density at radius 1 is 1.03 bits per heavy atom. The fourth-order valence-corrected chi connectivity index (χ4v) is 8.27. The number of carbonyl (C=O) groups excluding carboxylic acids is 3. The molecule has 4 aliphatic heterocycles. The molecule has 0 aromatic carbocycles. The van der Waals surface area contributed by atoms with E-state index in [0.717, 1.165) is 0 Å². The second-order valence-corrected chi connectivity index (χ2v) is 10.7. The molecule has 6 fully saturated rings. The number of fused-ring (bicyclic) bond motifs is 1. The largest absolute Gasteiger partial charge is 0.456 e. The Hall–Kier alpha value is -1.75. The van der Waals surface area contributed by atoms with Gasteiger partial charge in [-0.3, -0.25) is 9.59 Å². The molecule has 2 spiro atoms. The lowest BCUT2D eigenvalue weighted by atomic mass is 9.52. The van der Waals surface area contributed by atoms with Crippen molar-refractivity contribution in [1.29, 1.82) is 0 Å². The van der Waals surface area contributed by atoms with Gasteiger partial charge in [0.1, 0.15) is 12.2 Å². The van der Waals surface area contributed by atoms with Gasteiger partial charge in [-0.15, -0.1) is 0 Å². The first-order valence-corrected chi connectivity index (χ1v) is 10.2. The quantitative estimate of drug-likeness (QED) is 0.314. The Morgan fingerprint density at radius 3 is 2.33 bits per heavy atom. The molecule has 3 N–H and O–H groups in total. The van der Waals surface area contributed by atoms with Crippen LogP contribution in [0, 0.1) is 28.1 Å². The third-order valence-electron chi connectivity index (χ3n) is 8.85. The average molecular weight is 424 g/mol. The maximum absolute atomic E-state index is 13.4. The molecule has 11 atom stereocenters. The fourth-order valence-electron chi connectivity index (χ4n) is 8.27. The lowest BCUT2D eigenvalue weighted by Crippen LogP contribution is -2.65. The van der Waals surface area contributed by atoms with E-state index in [1.165, 1.54) is 6.92 Å². The Labute approximate surface area is 171 Å². The Morgan fingerprint density at radius 2 is 1.70 bits per heavy atom. The maximum Gasteiger partial charge on any atom is 0.343 e. The molecule has 6 rings (SSSR count). The molecule has 6 unspecified atom stereocenters. The minimum absolute atomic E-state index is 0.228. The number of hydrogen-bond donors (Lipinski definition) is 3. The van der Waals surface area contributed by atoms with Crippen molar-refractivity contribution in [2.75, 3.05) is 0 Å². The van der Waals surface area contributed by atoms with Crippen molar-refractivity contribution in [3.63, 3.8) is 0 Å². The summed E-state index contributed by atoms with van der Waals surface area (Å²) in [6, 6.07) is 0. The van der Waals surface area contributed by atoms with Crippen molar-refractivity contribution in [3.05, 3.63) is 0 Å². The van der Waals surface area contributed by atoms with Gasteiger partial charge >= 0.3 is 17.9 Å². The minimum atomic E-state index is -2.24. The number of rotatable bonds is 0. The van der Waals surface area contributed by atoms with E-state index in [1.54, 1.807) is 0 Å². The normalized spacial score (nSPS) is 60.1. The van der Waals surface area contributed by atoms with E-state index < -0.39 is 87.9 Å². The Balaban J connectivity index is 1.72. The molecule has 0 amide bonds. The molecule has 4 saturated heterocycles. The topological polar surface area (TPSA) is 149 Å². The van der Waals surface area contributed by atoms with Gasteiger partial charge in [0.2, 0.25) is 11.9 Å². The van der Waals surface area contributed by atoms with Crippen molar-refractivity contribution in [1.82, 2.24) is 0 Å². The van der Waals surface area contributed by atoms with Crippen LogP contribution in [0.3, 0.4) is 0 Å². The number of esters is 3. The van der Waals surface area contributed by atoms with Crippen LogP contribution in [-0.2, 0) is 33.3 Å². The summed E-state index contributed by atoms with van der Waals surface area (Å²) in [6.07, 6.45) is -7.11. The van der Waals surface area contributed by atoms with Gasteiger partial charge in [0.05, 0.1) is 29.3 Å². The number of hydrogen-bond acceptors (Lipinski definition) is 10. The summed E-state index contributed by atoms with van der Waals surface area (Å²) in [5, 5.41) is 34.8. The second kappa shape index (κ2) is 4.69. The number of carbonyl (C=O) groups is 3. The zero-order chi connectivity index (χ0) is 21.8. The summed E-state index contributed by atoms with van der Waals surface area (Å²) >= 11 is 0. The van der Waals surface area contributed by atoms with Crippen LogP contribution in [0.4, 0.5) is 0 Å². The smallest absolute Gasteiger partial charge is 0.343 e. The number of ether oxygens (including phenoxy) is 4. The van der Waals surface area contributed by atoms with Crippen LogP contribution >= 0.6 is 0 Å². The standard InChI is InChI=1S/C20H24O10/c1-6-13(24)28-12-10(23)18-11-8(22)9(16(2,3)4)17(18)5-7(21)27-15(17)30-20(18,14(25)29-11)19(6,12)26/h6,8-12,15,22-23,26H,5H2,1-4H3/t6-,8-,9+,10?,11?,12?,15+,17?,18?,19-,20?/m1/s1. The van der Waals surface area contributed by atoms with E-state index in [4.69, 9.17) is 18.9 Å². The van der Waals surface area contributed by atoms with Crippen LogP contribution in [0.5, 0.6) is 0 Å². The highest BCUT2D eigenvalue weighted by molar-refractivity contribution is 5.93. The molecule has 0 bridgehead atoms. The molecule has 30 heavy (non-hydrogen) atoms. The van der Waals surface area contributed by atoms with E-state index in [9.17, 15) is 29.7 Å². The second-order valence-electron chi connectivity index (χ2n) is 10.7. The van der Waals surface area contributed by atoms with Gasteiger partial charge in [0.25, 0.3) is 0 Å². The summed E-state index contributed by atoms with van der Waals surface area (Å²) in [5.74, 6) is -4.24. The Bertz CT molecular complexity index is 925. The van der Waals surface area contributed by atoms with Crippen LogP contribution in [0.1, 0.15) is 34.1 Å². The molecule has 6 aliphatic rings. The highest BCUT2D eigenvalue weighted by atomic mass is 16.7. The zero-order valence-corrected chi connectivity index (χ0v) is 16.9. The van der Waals surface area contributed by atoms with Gasteiger partial charge in [0.15, 0.2) is 11.7 Å². The molecule has 0 radical (unpaired) electrons. The molecule has 164 valence electrons. The summed E-state index contributed by atoms with van der Waals surface area (Å²) in [4.78, 5) is 38.2. The summed E-state index contributed by atoms with van der Waals surface area (Å²) < 4.78 is 22.5. The molecule has 0 aromatic rings. The summed E-state index contributed by atoms with van der Waals surface area (Å²) in [5.41, 5.74) is -8.15. The third-order valence-corrected chi connectivity index (χ3v) is 8.85. The van der Waals surface area contributed by atoms with E-state index in [1.807, 2.05) is 20.8 Å². The van der Waals surface area contributed by atoms with Crippen LogP contribution in [0.2, 0.25) is 0 Å². The SMILES string of the molecule is C[C@@H]1C(=O)OC2C(O)C34C5OC(=O)C3(O[C@@H]3OC(=O)CC34[C@H](C(C)(C)C)[C@H]5O)[C@]21O. The minimum Gasteiger partial charge on any atom is -0.456 e. The van der Waals surface area contributed by atoms with Crippen molar-refractivity contribution in [2.45, 2.75) is 76.0 Å².